The van der Waals surface area contributed by atoms with Crippen molar-refractivity contribution in [1.82, 2.24) is 5.32 Å². The van der Waals surface area contributed by atoms with E-state index in [1.54, 1.807) is 7.11 Å². The molecule has 0 bridgehead atoms. The van der Waals surface area contributed by atoms with Gasteiger partial charge in [-0.25, -0.2) is 0 Å². The first-order valence-electron chi connectivity index (χ1n) is 7.48. The molecule has 5 heteroatoms. The number of benzene rings is 2. The number of carbonyl (C=O) groups excluding carboxylic acids is 1. The molecule has 122 valence electrons. The molecule has 1 heterocycles. The summed E-state index contributed by atoms with van der Waals surface area (Å²) in [6, 6.07) is 17.7. The number of carbonyl (C=O) groups is 1. The van der Waals surface area contributed by atoms with Crippen molar-refractivity contribution in [2.24, 2.45) is 5.92 Å². The predicted molar refractivity (Wildman–Crippen MR) is 94.2 cm³/mol. The van der Waals surface area contributed by atoms with E-state index >= 15 is 0 Å². The molecule has 1 aliphatic heterocycles. The summed E-state index contributed by atoms with van der Waals surface area (Å²) in [7, 11) is 1.64. The predicted octanol–water partition coefficient (Wildman–Crippen LogP) is 2.87. The minimum absolute atomic E-state index is 0. The monoisotopic (exact) mass is 332 g/mol. The van der Waals surface area contributed by atoms with Crippen LogP contribution in [0, 0.1) is 5.92 Å². The van der Waals surface area contributed by atoms with Gasteiger partial charge < -0.3 is 15.0 Å². The molecule has 2 aromatic carbocycles. The fourth-order valence-corrected chi connectivity index (χ4v) is 2.51. The van der Waals surface area contributed by atoms with E-state index in [1.807, 2.05) is 59.5 Å². The first-order chi connectivity index (χ1) is 10.8. The number of nitrogens with zero attached hydrogens (tertiary/aromatic N) is 1. The largest absolute Gasteiger partial charge is 0.497 e. The van der Waals surface area contributed by atoms with E-state index in [0.29, 0.717) is 6.54 Å². The van der Waals surface area contributed by atoms with Crippen molar-refractivity contribution in [3.63, 3.8) is 0 Å². The minimum Gasteiger partial charge on any atom is -0.497 e. The molecule has 0 spiro atoms. The van der Waals surface area contributed by atoms with Gasteiger partial charge in [-0.3, -0.25) is 4.79 Å². The van der Waals surface area contributed by atoms with Crippen molar-refractivity contribution in [2.75, 3.05) is 25.1 Å². The molecule has 1 N–H and O–H groups in total. The Morgan fingerprint density at radius 1 is 1.13 bits per heavy atom. The van der Waals surface area contributed by atoms with Crippen LogP contribution >= 0.6 is 12.4 Å². The van der Waals surface area contributed by atoms with Crippen molar-refractivity contribution in [1.29, 1.82) is 0 Å². The van der Waals surface area contributed by atoms with Crippen LogP contribution in [0.1, 0.15) is 5.56 Å². The maximum absolute atomic E-state index is 12.7. The van der Waals surface area contributed by atoms with E-state index in [-0.39, 0.29) is 24.2 Å². The maximum Gasteiger partial charge on any atom is 0.232 e. The number of nitrogens with one attached hydrogen (secondary N) is 1. The Labute approximate surface area is 142 Å². The summed E-state index contributed by atoms with van der Waals surface area (Å²) in [6.45, 7) is 2.11. The van der Waals surface area contributed by atoms with Gasteiger partial charge in [0.15, 0.2) is 0 Å². The molecule has 1 amide bonds. The lowest BCUT2D eigenvalue weighted by Crippen LogP contribution is -2.52. The number of hydrogen-bond donors (Lipinski definition) is 1. The average molecular weight is 333 g/mol. The van der Waals surface area contributed by atoms with Crippen LogP contribution in [-0.4, -0.2) is 26.1 Å². The SMILES string of the molecule is COc1ccc(N(Cc2ccccc2)C(=O)C2CNC2)cc1.Cl. The second kappa shape index (κ2) is 7.99. The molecule has 0 atom stereocenters. The summed E-state index contributed by atoms with van der Waals surface area (Å²) in [6.07, 6.45) is 0. The highest BCUT2D eigenvalue weighted by molar-refractivity contribution is 5.95. The molecule has 1 fully saturated rings. The van der Waals surface area contributed by atoms with E-state index < -0.39 is 0 Å². The smallest absolute Gasteiger partial charge is 0.232 e. The Bertz CT molecular complexity index is 627. The molecular weight excluding hydrogens is 312 g/mol. The van der Waals surface area contributed by atoms with Gasteiger partial charge in [-0.2, -0.15) is 0 Å². The van der Waals surface area contributed by atoms with Crippen molar-refractivity contribution < 1.29 is 9.53 Å². The number of methoxy groups -OCH3 is 1. The summed E-state index contributed by atoms with van der Waals surface area (Å²) in [4.78, 5) is 14.6. The molecule has 0 aromatic heterocycles. The second-order valence-electron chi connectivity index (χ2n) is 5.46. The van der Waals surface area contributed by atoms with Crippen molar-refractivity contribution in [2.45, 2.75) is 6.54 Å². The van der Waals surface area contributed by atoms with Gasteiger partial charge >= 0.3 is 0 Å². The summed E-state index contributed by atoms with van der Waals surface area (Å²) < 4.78 is 5.19. The molecule has 1 aliphatic rings. The molecule has 0 saturated carbocycles. The van der Waals surface area contributed by atoms with Crippen LogP contribution in [0.2, 0.25) is 0 Å². The zero-order valence-electron chi connectivity index (χ0n) is 13.1. The fraction of sp³-hybridized carbons (Fsp3) is 0.278. The second-order valence-corrected chi connectivity index (χ2v) is 5.46. The molecular formula is C18H21ClN2O2. The summed E-state index contributed by atoms with van der Waals surface area (Å²) in [5.41, 5.74) is 2.03. The third-order valence-corrected chi connectivity index (χ3v) is 3.96. The number of amides is 1. The Morgan fingerprint density at radius 2 is 1.78 bits per heavy atom. The Balaban J connectivity index is 0.00000192. The topological polar surface area (TPSA) is 41.6 Å². The van der Waals surface area contributed by atoms with E-state index in [1.165, 1.54) is 0 Å². The highest BCUT2D eigenvalue weighted by atomic mass is 35.5. The normalized spacial score (nSPS) is 13.6. The van der Waals surface area contributed by atoms with Gasteiger partial charge in [-0.15, -0.1) is 12.4 Å². The maximum atomic E-state index is 12.7. The highest BCUT2D eigenvalue weighted by Gasteiger charge is 2.30. The molecule has 2 aromatic rings. The fourth-order valence-electron chi connectivity index (χ4n) is 2.51. The number of rotatable bonds is 5. The van der Waals surface area contributed by atoms with E-state index in [4.69, 9.17) is 4.74 Å². The lowest BCUT2D eigenvalue weighted by atomic mass is 10.0. The lowest BCUT2D eigenvalue weighted by Gasteiger charge is -2.32. The van der Waals surface area contributed by atoms with E-state index in [9.17, 15) is 4.79 Å². The van der Waals surface area contributed by atoms with Gasteiger partial charge in [0.25, 0.3) is 0 Å². The third-order valence-electron chi connectivity index (χ3n) is 3.96. The molecule has 3 rings (SSSR count). The summed E-state index contributed by atoms with van der Waals surface area (Å²) in [5, 5.41) is 3.16. The van der Waals surface area contributed by atoms with Gasteiger partial charge in [0, 0.05) is 18.8 Å². The Hall–Kier alpha value is -2.04. The molecule has 23 heavy (non-hydrogen) atoms. The number of ether oxygens (including phenoxy) is 1. The van der Waals surface area contributed by atoms with Crippen LogP contribution in [0.5, 0.6) is 5.75 Å². The van der Waals surface area contributed by atoms with Gasteiger partial charge in [-0.05, 0) is 29.8 Å². The number of hydrogen-bond acceptors (Lipinski definition) is 3. The van der Waals surface area contributed by atoms with Gasteiger partial charge in [0.2, 0.25) is 5.91 Å². The third kappa shape index (κ3) is 4.03. The quantitative estimate of drug-likeness (QED) is 0.915. The molecule has 0 radical (unpaired) electrons. The van der Waals surface area contributed by atoms with Gasteiger partial charge in [0.05, 0.1) is 19.6 Å². The van der Waals surface area contributed by atoms with Crippen LogP contribution in [0.3, 0.4) is 0 Å². The van der Waals surface area contributed by atoms with Crippen LogP contribution in [-0.2, 0) is 11.3 Å². The standard InChI is InChI=1S/C18H20N2O2.ClH/c1-22-17-9-7-16(8-10-17)20(18(21)15-11-19-12-15)13-14-5-3-2-4-6-14;/h2-10,15,19H,11-13H2,1H3;1H. The van der Waals surface area contributed by atoms with E-state index in [0.717, 1.165) is 30.1 Å². The lowest BCUT2D eigenvalue weighted by molar-refractivity contribution is -0.123. The van der Waals surface area contributed by atoms with Gasteiger partial charge in [-0.1, -0.05) is 30.3 Å². The average Bonchev–Trinajstić information content (AvgIpc) is 2.52. The molecule has 0 unspecified atom stereocenters. The van der Waals surface area contributed by atoms with E-state index in [2.05, 4.69) is 5.32 Å². The number of halogens is 1. The van der Waals surface area contributed by atoms with Crippen LogP contribution in [0.15, 0.2) is 54.6 Å². The Kier molecular flexibility index (Phi) is 6.02. The Morgan fingerprint density at radius 3 is 2.30 bits per heavy atom. The van der Waals surface area contributed by atoms with Crippen LogP contribution in [0.4, 0.5) is 5.69 Å². The molecule has 1 saturated heterocycles. The van der Waals surface area contributed by atoms with Crippen molar-refractivity contribution >= 4 is 24.0 Å². The van der Waals surface area contributed by atoms with Crippen LogP contribution in [0.25, 0.3) is 0 Å². The molecule has 0 aliphatic carbocycles. The van der Waals surface area contributed by atoms with Crippen LogP contribution < -0.4 is 15.0 Å². The summed E-state index contributed by atoms with van der Waals surface area (Å²) >= 11 is 0. The number of anilines is 1. The van der Waals surface area contributed by atoms with Gasteiger partial charge in [0.1, 0.15) is 5.75 Å². The minimum atomic E-state index is 0. The molecule has 4 nitrogen and oxygen atoms in total. The zero-order chi connectivity index (χ0) is 15.4. The zero-order valence-corrected chi connectivity index (χ0v) is 13.9. The summed E-state index contributed by atoms with van der Waals surface area (Å²) in [5.74, 6) is 1.04. The highest BCUT2D eigenvalue weighted by Crippen LogP contribution is 2.24. The van der Waals surface area contributed by atoms with Crippen molar-refractivity contribution in [3.8, 4) is 5.75 Å². The first kappa shape index (κ1) is 17.3. The van der Waals surface area contributed by atoms with Crippen molar-refractivity contribution in [3.05, 3.63) is 60.2 Å². The first-order valence-corrected chi connectivity index (χ1v) is 7.48.